The van der Waals surface area contributed by atoms with E-state index in [-0.39, 0.29) is 24.8 Å². The summed E-state index contributed by atoms with van der Waals surface area (Å²) in [5.41, 5.74) is 3.66. The quantitative estimate of drug-likeness (QED) is 0.612. The predicted octanol–water partition coefficient (Wildman–Crippen LogP) is 4.05. The molecule has 3 aromatic carbocycles. The van der Waals surface area contributed by atoms with E-state index < -0.39 is 0 Å². The van der Waals surface area contributed by atoms with Crippen molar-refractivity contribution in [3.8, 4) is 16.9 Å². The fourth-order valence-electron chi connectivity index (χ4n) is 2.91. The first kappa shape index (κ1) is 20.1. The number of carbonyl (C=O) groups excluding carboxylic acids is 2. The Morgan fingerprint density at radius 2 is 1.52 bits per heavy atom. The number of hydrogen-bond acceptors (Lipinski definition) is 3. The molecule has 0 aliphatic rings. The van der Waals surface area contributed by atoms with Gasteiger partial charge in [0.05, 0.1) is 19.4 Å². The molecule has 5 nitrogen and oxygen atoms in total. The molecule has 2 amide bonds. The Balaban J connectivity index is 1.51. The highest BCUT2D eigenvalue weighted by Gasteiger charge is 2.08. The van der Waals surface area contributed by atoms with Crippen LogP contribution in [0.15, 0.2) is 78.9 Å². The Bertz CT molecular complexity index is 953. The van der Waals surface area contributed by atoms with Crippen molar-refractivity contribution >= 4 is 17.5 Å². The molecular formula is C24H24N2O3. The lowest BCUT2D eigenvalue weighted by atomic mass is 10.1. The number of nitrogens with one attached hydrogen (secondary N) is 2. The number of carbonyl (C=O) groups is 2. The number of hydrogen-bond donors (Lipinski definition) is 2. The van der Waals surface area contributed by atoms with Gasteiger partial charge in [-0.1, -0.05) is 60.7 Å². The molecule has 148 valence electrons. The van der Waals surface area contributed by atoms with Gasteiger partial charge in [-0.2, -0.15) is 0 Å². The van der Waals surface area contributed by atoms with Crippen molar-refractivity contribution in [2.75, 3.05) is 19.0 Å². The van der Waals surface area contributed by atoms with E-state index in [0.29, 0.717) is 12.1 Å². The van der Waals surface area contributed by atoms with Gasteiger partial charge < -0.3 is 15.4 Å². The van der Waals surface area contributed by atoms with Crippen molar-refractivity contribution in [2.45, 2.75) is 12.8 Å². The van der Waals surface area contributed by atoms with Gasteiger partial charge in [0.2, 0.25) is 11.8 Å². The highest BCUT2D eigenvalue weighted by atomic mass is 16.5. The Kier molecular flexibility index (Phi) is 7.00. The zero-order valence-electron chi connectivity index (χ0n) is 16.4. The lowest BCUT2D eigenvalue weighted by molar-refractivity contribution is -0.120. The minimum atomic E-state index is -0.124. The maximum Gasteiger partial charge on any atom is 0.227 e. The Labute approximate surface area is 170 Å². The fourth-order valence-corrected chi connectivity index (χ4v) is 2.91. The van der Waals surface area contributed by atoms with Crippen molar-refractivity contribution < 1.29 is 14.3 Å². The van der Waals surface area contributed by atoms with Crippen molar-refractivity contribution in [3.05, 3.63) is 84.4 Å². The lowest BCUT2D eigenvalue weighted by Gasteiger charge is -2.12. The molecule has 0 saturated heterocycles. The van der Waals surface area contributed by atoms with Crippen LogP contribution in [0.25, 0.3) is 11.1 Å². The average Bonchev–Trinajstić information content (AvgIpc) is 2.76. The van der Waals surface area contributed by atoms with E-state index in [1.54, 1.807) is 19.2 Å². The van der Waals surface area contributed by atoms with E-state index in [1.165, 1.54) is 0 Å². The van der Waals surface area contributed by atoms with Crippen LogP contribution in [0.5, 0.6) is 5.75 Å². The second-order valence-electron chi connectivity index (χ2n) is 6.56. The number of para-hydroxylation sites is 1. The smallest absolute Gasteiger partial charge is 0.227 e. The normalized spacial score (nSPS) is 10.2. The number of likely N-dealkylation sites (N-methyl/N-ethyl adjacent to an activating group) is 1. The predicted molar refractivity (Wildman–Crippen MR) is 115 cm³/mol. The summed E-state index contributed by atoms with van der Waals surface area (Å²) >= 11 is 0. The van der Waals surface area contributed by atoms with Gasteiger partial charge in [0.25, 0.3) is 0 Å². The first-order valence-electron chi connectivity index (χ1n) is 9.52. The second-order valence-corrected chi connectivity index (χ2v) is 6.56. The molecule has 0 aromatic heterocycles. The molecule has 3 rings (SSSR count). The van der Waals surface area contributed by atoms with Crippen LogP contribution in [0.4, 0.5) is 5.69 Å². The standard InChI is InChI=1S/C24H24N2O3/c1-25-24(28)17-18-11-13-20(14-12-18)26-23(27)15-16-29-22-10-6-5-9-21(22)19-7-3-2-4-8-19/h2-14H,15-17H2,1H3,(H,25,28)(H,26,27). The topological polar surface area (TPSA) is 67.4 Å². The molecule has 0 fully saturated rings. The molecule has 0 heterocycles. The number of anilines is 1. The summed E-state index contributed by atoms with van der Waals surface area (Å²) in [6, 6.07) is 25.1. The molecule has 0 saturated carbocycles. The third kappa shape index (κ3) is 5.94. The van der Waals surface area contributed by atoms with Crippen LogP contribution in [0.2, 0.25) is 0 Å². The maximum absolute atomic E-state index is 12.2. The molecule has 29 heavy (non-hydrogen) atoms. The summed E-state index contributed by atoms with van der Waals surface area (Å²) in [6.07, 6.45) is 0.558. The van der Waals surface area contributed by atoms with Crippen molar-refractivity contribution in [1.82, 2.24) is 5.32 Å². The van der Waals surface area contributed by atoms with Gasteiger partial charge in [0, 0.05) is 18.3 Å². The largest absolute Gasteiger partial charge is 0.492 e. The SMILES string of the molecule is CNC(=O)Cc1ccc(NC(=O)CCOc2ccccc2-c2ccccc2)cc1. The Morgan fingerprint density at radius 3 is 2.24 bits per heavy atom. The highest BCUT2D eigenvalue weighted by molar-refractivity contribution is 5.90. The molecule has 5 heteroatoms. The average molecular weight is 388 g/mol. The molecule has 0 radical (unpaired) electrons. The van der Waals surface area contributed by atoms with Crippen LogP contribution in [-0.4, -0.2) is 25.5 Å². The number of benzene rings is 3. The molecule has 0 aliphatic heterocycles. The first-order valence-corrected chi connectivity index (χ1v) is 9.52. The summed E-state index contributed by atoms with van der Waals surface area (Å²) < 4.78 is 5.87. The van der Waals surface area contributed by atoms with Gasteiger partial charge in [-0.3, -0.25) is 9.59 Å². The van der Waals surface area contributed by atoms with E-state index in [2.05, 4.69) is 10.6 Å². The summed E-state index contributed by atoms with van der Waals surface area (Å²) in [5, 5.41) is 5.44. The Hall–Kier alpha value is -3.60. The van der Waals surface area contributed by atoms with Crippen molar-refractivity contribution in [3.63, 3.8) is 0 Å². The third-order valence-corrected chi connectivity index (χ3v) is 4.44. The Morgan fingerprint density at radius 1 is 0.828 bits per heavy atom. The van der Waals surface area contributed by atoms with Gasteiger partial charge >= 0.3 is 0 Å². The number of ether oxygens (including phenoxy) is 1. The zero-order valence-corrected chi connectivity index (χ0v) is 16.4. The van der Waals surface area contributed by atoms with Crippen molar-refractivity contribution in [2.24, 2.45) is 0 Å². The first-order chi connectivity index (χ1) is 14.2. The van der Waals surface area contributed by atoms with Crippen LogP contribution in [-0.2, 0) is 16.0 Å². The summed E-state index contributed by atoms with van der Waals surface area (Å²) in [7, 11) is 1.61. The summed E-state index contributed by atoms with van der Waals surface area (Å²) in [6.45, 7) is 0.282. The monoisotopic (exact) mass is 388 g/mol. The van der Waals surface area contributed by atoms with E-state index in [4.69, 9.17) is 4.74 Å². The minimum Gasteiger partial charge on any atom is -0.492 e. The number of rotatable bonds is 8. The molecule has 3 aromatic rings. The van der Waals surface area contributed by atoms with Crippen LogP contribution >= 0.6 is 0 Å². The van der Waals surface area contributed by atoms with Gasteiger partial charge in [-0.05, 0) is 29.3 Å². The van der Waals surface area contributed by atoms with Crippen LogP contribution in [0.1, 0.15) is 12.0 Å². The van der Waals surface area contributed by atoms with Crippen LogP contribution in [0.3, 0.4) is 0 Å². The minimum absolute atomic E-state index is 0.0466. The molecule has 2 N–H and O–H groups in total. The van der Waals surface area contributed by atoms with Gasteiger partial charge in [0.1, 0.15) is 5.75 Å². The van der Waals surface area contributed by atoms with Crippen LogP contribution in [0, 0.1) is 0 Å². The van der Waals surface area contributed by atoms with Crippen LogP contribution < -0.4 is 15.4 Å². The fraction of sp³-hybridized carbons (Fsp3) is 0.167. The van der Waals surface area contributed by atoms with Gasteiger partial charge in [-0.15, -0.1) is 0 Å². The summed E-state index contributed by atoms with van der Waals surface area (Å²) in [5.74, 6) is 0.584. The van der Waals surface area contributed by atoms with E-state index in [0.717, 1.165) is 22.4 Å². The molecule has 0 spiro atoms. The molecule has 0 unspecified atom stereocenters. The summed E-state index contributed by atoms with van der Waals surface area (Å²) in [4.78, 5) is 23.6. The van der Waals surface area contributed by atoms with E-state index in [9.17, 15) is 9.59 Å². The lowest BCUT2D eigenvalue weighted by Crippen LogP contribution is -2.20. The zero-order chi connectivity index (χ0) is 20.5. The van der Waals surface area contributed by atoms with Gasteiger partial charge in [-0.25, -0.2) is 0 Å². The third-order valence-electron chi connectivity index (χ3n) is 4.44. The van der Waals surface area contributed by atoms with Gasteiger partial charge in [0.15, 0.2) is 0 Å². The number of amides is 2. The molecule has 0 bridgehead atoms. The van der Waals surface area contributed by atoms with E-state index in [1.807, 2.05) is 66.7 Å². The molecule has 0 atom stereocenters. The van der Waals surface area contributed by atoms with Crippen molar-refractivity contribution in [1.29, 1.82) is 0 Å². The maximum atomic E-state index is 12.2. The van der Waals surface area contributed by atoms with E-state index >= 15 is 0 Å². The second kappa shape index (κ2) is 10.1. The molecule has 0 aliphatic carbocycles. The highest BCUT2D eigenvalue weighted by Crippen LogP contribution is 2.29. The molecular weight excluding hydrogens is 364 g/mol.